The number of aryl methyl sites for hydroxylation is 1. The zero-order chi connectivity index (χ0) is 16.5. The number of benzene rings is 3. The van der Waals surface area contributed by atoms with Crippen molar-refractivity contribution in [3.63, 3.8) is 0 Å². The van der Waals surface area contributed by atoms with Gasteiger partial charge in [-0.05, 0) is 47.5 Å². The summed E-state index contributed by atoms with van der Waals surface area (Å²) in [7, 11) is 0. The summed E-state index contributed by atoms with van der Waals surface area (Å²) in [5.74, 6) is 1.09. The first-order chi connectivity index (χ1) is 11.8. The van der Waals surface area contributed by atoms with Gasteiger partial charge in [0.05, 0.1) is 11.0 Å². The van der Waals surface area contributed by atoms with E-state index in [2.05, 4.69) is 94.2 Å². The first kappa shape index (κ1) is 15.2. The van der Waals surface area contributed by atoms with Gasteiger partial charge in [-0.1, -0.05) is 59.3 Å². The molecule has 24 heavy (non-hydrogen) atoms. The van der Waals surface area contributed by atoms with Crippen molar-refractivity contribution in [1.29, 1.82) is 0 Å². The fraction of sp³-hybridized carbons (Fsp3) is 0.0952. The Hall–Kier alpha value is -2.39. The monoisotopic (exact) mass is 376 g/mol. The highest BCUT2D eigenvalue weighted by molar-refractivity contribution is 9.10. The Bertz CT molecular complexity index is 983. The molecule has 0 bridgehead atoms. The quantitative estimate of drug-likeness (QED) is 0.427. The average molecular weight is 377 g/mol. The lowest BCUT2D eigenvalue weighted by atomic mass is 10.1. The van der Waals surface area contributed by atoms with Crippen molar-refractivity contribution in [1.82, 2.24) is 9.55 Å². The fourth-order valence-electron chi connectivity index (χ4n) is 3.05. The van der Waals surface area contributed by atoms with Crippen molar-refractivity contribution in [2.45, 2.75) is 13.3 Å². The van der Waals surface area contributed by atoms with E-state index in [0.717, 1.165) is 33.4 Å². The second-order valence-electron chi connectivity index (χ2n) is 5.76. The zero-order valence-corrected chi connectivity index (χ0v) is 15.0. The van der Waals surface area contributed by atoms with Gasteiger partial charge in [-0.25, -0.2) is 4.98 Å². The van der Waals surface area contributed by atoms with Crippen molar-refractivity contribution in [3.8, 4) is 16.8 Å². The number of para-hydroxylation sites is 2. The summed E-state index contributed by atoms with van der Waals surface area (Å²) in [5.41, 5.74) is 5.79. The molecule has 4 aromatic rings. The second-order valence-corrected chi connectivity index (χ2v) is 6.68. The third-order valence-electron chi connectivity index (χ3n) is 4.25. The summed E-state index contributed by atoms with van der Waals surface area (Å²) < 4.78 is 3.35. The summed E-state index contributed by atoms with van der Waals surface area (Å²) in [6, 6.07) is 25.4. The van der Waals surface area contributed by atoms with Gasteiger partial charge in [-0.15, -0.1) is 0 Å². The first-order valence-electron chi connectivity index (χ1n) is 8.09. The van der Waals surface area contributed by atoms with Gasteiger partial charge in [0, 0.05) is 16.6 Å². The number of rotatable bonds is 3. The number of aromatic nitrogens is 2. The van der Waals surface area contributed by atoms with Crippen LogP contribution in [0.3, 0.4) is 0 Å². The number of halogens is 1. The second kappa shape index (κ2) is 6.25. The predicted octanol–water partition coefficient (Wildman–Crippen LogP) is 6.02. The molecular formula is C21H17BrN2. The lowest BCUT2D eigenvalue weighted by Crippen LogP contribution is -1.99. The molecule has 118 valence electrons. The molecule has 0 spiro atoms. The molecule has 0 radical (unpaired) electrons. The van der Waals surface area contributed by atoms with Gasteiger partial charge in [-0.2, -0.15) is 0 Å². The highest BCUT2D eigenvalue weighted by Gasteiger charge is 2.10. The molecule has 0 fully saturated rings. The van der Waals surface area contributed by atoms with E-state index < -0.39 is 0 Å². The topological polar surface area (TPSA) is 17.8 Å². The highest BCUT2D eigenvalue weighted by atomic mass is 79.9. The van der Waals surface area contributed by atoms with Crippen LogP contribution in [0, 0.1) is 0 Å². The molecule has 3 heteroatoms. The summed E-state index contributed by atoms with van der Waals surface area (Å²) >= 11 is 3.48. The molecule has 0 atom stereocenters. The van der Waals surface area contributed by atoms with E-state index in [1.54, 1.807) is 0 Å². The van der Waals surface area contributed by atoms with Gasteiger partial charge in [0.2, 0.25) is 0 Å². The number of hydrogen-bond donors (Lipinski definition) is 0. The van der Waals surface area contributed by atoms with E-state index in [0.29, 0.717) is 0 Å². The molecule has 0 unspecified atom stereocenters. The van der Waals surface area contributed by atoms with Gasteiger partial charge in [0.1, 0.15) is 5.82 Å². The standard InChI is InChI=1S/C21H17BrN2/c1-2-21-23-19-5-3-4-6-20(19)24(21)18-13-9-16(10-14-18)15-7-11-17(22)12-8-15/h3-14H,2H2,1H3. The van der Waals surface area contributed by atoms with E-state index in [-0.39, 0.29) is 0 Å². The van der Waals surface area contributed by atoms with Crippen LogP contribution in [-0.2, 0) is 6.42 Å². The van der Waals surface area contributed by atoms with Crippen LogP contribution in [-0.4, -0.2) is 9.55 Å². The smallest absolute Gasteiger partial charge is 0.114 e. The Balaban J connectivity index is 1.79. The minimum absolute atomic E-state index is 0.906. The Labute approximate surface area is 149 Å². The van der Waals surface area contributed by atoms with Crippen LogP contribution in [0.25, 0.3) is 27.8 Å². The van der Waals surface area contributed by atoms with Crippen LogP contribution in [0.15, 0.2) is 77.3 Å². The molecule has 0 saturated carbocycles. The van der Waals surface area contributed by atoms with Gasteiger partial charge >= 0.3 is 0 Å². The van der Waals surface area contributed by atoms with E-state index in [1.807, 2.05) is 6.07 Å². The van der Waals surface area contributed by atoms with Gasteiger partial charge in [0.15, 0.2) is 0 Å². The molecule has 0 aliphatic heterocycles. The lowest BCUT2D eigenvalue weighted by Gasteiger charge is -2.10. The van der Waals surface area contributed by atoms with Crippen LogP contribution < -0.4 is 0 Å². The van der Waals surface area contributed by atoms with Crippen LogP contribution in [0.4, 0.5) is 0 Å². The van der Waals surface area contributed by atoms with Crippen molar-refractivity contribution in [2.24, 2.45) is 0 Å². The van der Waals surface area contributed by atoms with Crippen molar-refractivity contribution < 1.29 is 0 Å². The van der Waals surface area contributed by atoms with E-state index in [9.17, 15) is 0 Å². The van der Waals surface area contributed by atoms with E-state index in [1.165, 1.54) is 11.1 Å². The Morgan fingerprint density at radius 2 is 1.46 bits per heavy atom. The van der Waals surface area contributed by atoms with Gasteiger partial charge in [0.25, 0.3) is 0 Å². The molecule has 0 saturated heterocycles. The van der Waals surface area contributed by atoms with Gasteiger partial charge < -0.3 is 0 Å². The molecular weight excluding hydrogens is 360 g/mol. The Kier molecular flexibility index (Phi) is 3.95. The molecule has 0 N–H and O–H groups in total. The minimum Gasteiger partial charge on any atom is -0.296 e. The molecule has 4 rings (SSSR count). The van der Waals surface area contributed by atoms with Crippen LogP contribution in [0.5, 0.6) is 0 Å². The van der Waals surface area contributed by atoms with Gasteiger partial charge in [-0.3, -0.25) is 4.57 Å². The molecule has 0 aliphatic rings. The van der Waals surface area contributed by atoms with Crippen molar-refractivity contribution in [2.75, 3.05) is 0 Å². The molecule has 3 aromatic carbocycles. The number of nitrogens with zero attached hydrogens (tertiary/aromatic N) is 2. The van der Waals surface area contributed by atoms with Crippen LogP contribution in [0.2, 0.25) is 0 Å². The number of imidazole rings is 1. The maximum absolute atomic E-state index is 4.76. The number of hydrogen-bond acceptors (Lipinski definition) is 1. The fourth-order valence-corrected chi connectivity index (χ4v) is 3.31. The van der Waals surface area contributed by atoms with Crippen molar-refractivity contribution in [3.05, 3.63) is 83.1 Å². The molecule has 0 amide bonds. The molecule has 0 aliphatic carbocycles. The first-order valence-corrected chi connectivity index (χ1v) is 8.88. The Morgan fingerprint density at radius 3 is 2.12 bits per heavy atom. The summed E-state index contributed by atoms with van der Waals surface area (Å²) in [6.45, 7) is 2.15. The average Bonchev–Trinajstić information content (AvgIpc) is 3.01. The summed E-state index contributed by atoms with van der Waals surface area (Å²) in [5, 5.41) is 0. The third-order valence-corrected chi connectivity index (χ3v) is 4.78. The Morgan fingerprint density at radius 1 is 0.833 bits per heavy atom. The summed E-state index contributed by atoms with van der Waals surface area (Å²) in [6.07, 6.45) is 0.906. The van der Waals surface area contributed by atoms with E-state index in [4.69, 9.17) is 4.98 Å². The molecule has 2 nitrogen and oxygen atoms in total. The minimum atomic E-state index is 0.906. The maximum atomic E-state index is 4.76. The van der Waals surface area contributed by atoms with E-state index >= 15 is 0 Å². The molecule has 1 aromatic heterocycles. The third kappa shape index (κ3) is 2.65. The van der Waals surface area contributed by atoms with Crippen LogP contribution >= 0.6 is 15.9 Å². The highest BCUT2D eigenvalue weighted by Crippen LogP contribution is 2.26. The molecule has 1 heterocycles. The zero-order valence-electron chi connectivity index (χ0n) is 13.4. The van der Waals surface area contributed by atoms with Crippen molar-refractivity contribution >= 4 is 27.0 Å². The largest absolute Gasteiger partial charge is 0.296 e. The predicted molar refractivity (Wildman–Crippen MR) is 104 cm³/mol. The lowest BCUT2D eigenvalue weighted by molar-refractivity contribution is 0.908. The number of fused-ring (bicyclic) bond motifs is 1. The SMILES string of the molecule is CCc1nc2ccccc2n1-c1ccc(-c2ccc(Br)cc2)cc1. The summed E-state index contributed by atoms with van der Waals surface area (Å²) in [4.78, 5) is 4.76. The van der Waals surface area contributed by atoms with Crippen LogP contribution in [0.1, 0.15) is 12.7 Å². The normalized spacial score (nSPS) is 11.1. The maximum Gasteiger partial charge on any atom is 0.114 e.